The molecular weight excluding hydrogens is 331 g/mol. The molecule has 138 valence electrons. The largest absolute Gasteiger partial charge is 0.356 e. The number of halogens is 1. The summed E-state index contributed by atoms with van der Waals surface area (Å²) >= 11 is 0. The van der Waals surface area contributed by atoms with Crippen molar-refractivity contribution in [1.29, 1.82) is 0 Å². The van der Waals surface area contributed by atoms with Crippen LogP contribution in [0.3, 0.4) is 0 Å². The zero-order valence-electron chi connectivity index (χ0n) is 15.4. The molecule has 26 heavy (non-hydrogen) atoms. The van der Waals surface area contributed by atoms with Gasteiger partial charge in [-0.25, -0.2) is 4.39 Å². The van der Waals surface area contributed by atoms with Gasteiger partial charge in [-0.2, -0.15) is 0 Å². The highest BCUT2D eigenvalue weighted by molar-refractivity contribution is 5.94. The summed E-state index contributed by atoms with van der Waals surface area (Å²) in [4.78, 5) is 15.8. The van der Waals surface area contributed by atoms with Gasteiger partial charge in [-0.05, 0) is 48.2 Å². The molecule has 6 heteroatoms. The van der Waals surface area contributed by atoms with Crippen LogP contribution in [0.25, 0.3) is 0 Å². The highest BCUT2D eigenvalue weighted by atomic mass is 19.1. The summed E-state index contributed by atoms with van der Waals surface area (Å²) in [5.41, 5.74) is 3.20. The minimum atomic E-state index is -0.205. The molecule has 0 unspecified atom stereocenters. The maximum atomic E-state index is 13.6. The second-order valence-corrected chi connectivity index (χ2v) is 5.97. The third kappa shape index (κ3) is 5.58. The Bertz CT molecular complexity index is 789. The monoisotopic (exact) mass is 356 g/mol. The van der Waals surface area contributed by atoms with E-state index in [1.165, 1.54) is 6.07 Å². The Morgan fingerprint density at radius 1 is 1.12 bits per heavy atom. The summed E-state index contributed by atoms with van der Waals surface area (Å²) in [7, 11) is 3.31. The highest BCUT2D eigenvalue weighted by Crippen LogP contribution is 2.09. The molecule has 1 amide bonds. The lowest BCUT2D eigenvalue weighted by molar-refractivity contribution is 0.0963. The Morgan fingerprint density at radius 3 is 2.62 bits per heavy atom. The zero-order chi connectivity index (χ0) is 18.9. The van der Waals surface area contributed by atoms with Crippen LogP contribution in [0.4, 0.5) is 4.39 Å². The lowest BCUT2D eigenvalue weighted by Crippen LogP contribution is -2.37. The number of hydrogen-bond donors (Lipinski definition) is 3. The SMILES string of the molecule is CN=C(NCCc1cccc(C(=O)NC)c1)NCc1ccc(C)c(F)c1. The minimum Gasteiger partial charge on any atom is -0.356 e. The van der Waals surface area contributed by atoms with Crippen LogP contribution in [0.2, 0.25) is 0 Å². The average molecular weight is 356 g/mol. The van der Waals surface area contributed by atoms with E-state index in [4.69, 9.17) is 0 Å². The summed E-state index contributed by atoms with van der Waals surface area (Å²) in [6.45, 7) is 2.90. The van der Waals surface area contributed by atoms with Gasteiger partial charge in [0.15, 0.2) is 5.96 Å². The molecule has 0 aliphatic carbocycles. The number of carbonyl (C=O) groups is 1. The van der Waals surface area contributed by atoms with Gasteiger partial charge < -0.3 is 16.0 Å². The van der Waals surface area contributed by atoms with Gasteiger partial charge in [0.1, 0.15) is 5.82 Å². The Kier molecular flexibility index (Phi) is 7.14. The van der Waals surface area contributed by atoms with E-state index in [1.807, 2.05) is 24.3 Å². The number of aliphatic imine (C=N–C) groups is 1. The lowest BCUT2D eigenvalue weighted by Gasteiger charge is -2.12. The summed E-state index contributed by atoms with van der Waals surface area (Å²) in [6.07, 6.45) is 0.755. The van der Waals surface area contributed by atoms with Crippen LogP contribution >= 0.6 is 0 Å². The van der Waals surface area contributed by atoms with E-state index >= 15 is 0 Å². The summed E-state index contributed by atoms with van der Waals surface area (Å²) in [6, 6.07) is 12.7. The van der Waals surface area contributed by atoms with E-state index in [0.29, 0.717) is 30.2 Å². The number of nitrogens with one attached hydrogen (secondary N) is 3. The quantitative estimate of drug-likeness (QED) is 0.550. The van der Waals surface area contributed by atoms with Crippen LogP contribution in [-0.2, 0) is 13.0 Å². The molecule has 0 fully saturated rings. The molecule has 0 spiro atoms. The molecule has 0 aliphatic rings. The van der Waals surface area contributed by atoms with Crippen molar-refractivity contribution in [2.24, 2.45) is 4.99 Å². The van der Waals surface area contributed by atoms with Crippen molar-refractivity contribution in [2.75, 3.05) is 20.6 Å². The fraction of sp³-hybridized carbons (Fsp3) is 0.300. The Balaban J connectivity index is 1.83. The first-order valence-corrected chi connectivity index (χ1v) is 8.54. The summed E-state index contributed by atoms with van der Waals surface area (Å²) in [5.74, 6) is 0.347. The molecule has 2 aromatic carbocycles. The predicted molar refractivity (Wildman–Crippen MR) is 103 cm³/mol. The first-order chi connectivity index (χ1) is 12.5. The van der Waals surface area contributed by atoms with Crippen molar-refractivity contribution in [2.45, 2.75) is 19.9 Å². The number of amides is 1. The summed E-state index contributed by atoms with van der Waals surface area (Å²) in [5, 5.41) is 9.01. The molecule has 0 aromatic heterocycles. The fourth-order valence-electron chi connectivity index (χ4n) is 2.49. The van der Waals surface area contributed by atoms with Crippen molar-refractivity contribution < 1.29 is 9.18 Å². The van der Waals surface area contributed by atoms with Crippen molar-refractivity contribution in [3.05, 3.63) is 70.5 Å². The molecule has 5 nitrogen and oxygen atoms in total. The Morgan fingerprint density at radius 2 is 1.92 bits per heavy atom. The number of hydrogen-bond acceptors (Lipinski definition) is 2. The maximum Gasteiger partial charge on any atom is 0.251 e. The smallest absolute Gasteiger partial charge is 0.251 e. The highest BCUT2D eigenvalue weighted by Gasteiger charge is 2.05. The van der Waals surface area contributed by atoms with E-state index in [-0.39, 0.29) is 11.7 Å². The van der Waals surface area contributed by atoms with Crippen molar-refractivity contribution in [3.63, 3.8) is 0 Å². The standard InChI is InChI=1S/C20H25FN4O/c1-14-7-8-16(12-18(14)21)13-25-20(23-3)24-10-9-15-5-4-6-17(11-15)19(26)22-2/h4-8,11-12H,9-10,13H2,1-3H3,(H,22,26)(H2,23,24,25). The van der Waals surface area contributed by atoms with Gasteiger partial charge >= 0.3 is 0 Å². The molecule has 2 aromatic rings. The molecular formula is C20H25FN4O. The topological polar surface area (TPSA) is 65.5 Å². The number of rotatable bonds is 6. The van der Waals surface area contributed by atoms with Crippen LogP contribution in [0.1, 0.15) is 27.0 Å². The van der Waals surface area contributed by atoms with Crippen LogP contribution in [0, 0.1) is 12.7 Å². The second-order valence-electron chi connectivity index (χ2n) is 5.97. The Labute approximate surface area is 153 Å². The zero-order valence-corrected chi connectivity index (χ0v) is 15.4. The third-order valence-electron chi connectivity index (χ3n) is 4.04. The van der Waals surface area contributed by atoms with Gasteiger partial charge in [0.2, 0.25) is 0 Å². The number of aryl methyl sites for hydroxylation is 1. The number of guanidine groups is 1. The normalized spacial score (nSPS) is 11.2. The second kappa shape index (κ2) is 9.56. The van der Waals surface area contributed by atoms with Gasteiger partial charge in [-0.1, -0.05) is 24.3 Å². The van der Waals surface area contributed by atoms with Gasteiger partial charge in [-0.15, -0.1) is 0 Å². The van der Waals surface area contributed by atoms with E-state index < -0.39 is 0 Å². The number of benzene rings is 2. The van der Waals surface area contributed by atoms with E-state index in [1.54, 1.807) is 33.2 Å². The van der Waals surface area contributed by atoms with E-state index in [0.717, 1.165) is 17.5 Å². The summed E-state index contributed by atoms with van der Waals surface area (Å²) < 4.78 is 13.6. The van der Waals surface area contributed by atoms with Gasteiger partial charge in [0.25, 0.3) is 5.91 Å². The van der Waals surface area contributed by atoms with Crippen LogP contribution < -0.4 is 16.0 Å². The van der Waals surface area contributed by atoms with E-state index in [9.17, 15) is 9.18 Å². The molecule has 0 bridgehead atoms. The maximum absolute atomic E-state index is 13.6. The molecule has 0 saturated carbocycles. The molecule has 3 N–H and O–H groups in total. The van der Waals surface area contributed by atoms with Crippen LogP contribution in [0.5, 0.6) is 0 Å². The van der Waals surface area contributed by atoms with Crippen LogP contribution in [0.15, 0.2) is 47.5 Å². The third-order valence-corrected chi connectivity index (χ3v) is 4.04. The predicted octanol–water partition coefficient (Wildman–Crippen LogP) is 2.40. The van der Waals surface area contributed by atoms with Gasteiger partial charge in [0.05, 0.1) is 0 Å². The van der Waals surface area contributed by atoms with Gasteiger partial charge in [-0.3, -0.25) is 9.79 Å². The van der Waals surface area contributed by atoms with Crippen molar-refractivity contribution in [1.82, 2.24) is 16.0 Å². The fourth-order valence-corrected chi connectivity index (χ4v) is 2.49. The van der Waals surface area contributed by atoms with Gasteiger partial charge in [0, 0.05) is 32.7 Å². The van der Waals surface area contributed by atoms with Crippen molar-refractivity contribution in [3.8, 4) is 0 Å². The van der Waals surface area contributed by atoms with Crippen LogP contribution in [-0.4, -0.2) is 32.5 Å². The number of carbonyl (C=O) groups excluding carboxylic acids is 1. The first-order valence-electron chi connectivity index (χ1n) is 8.54. The molecule has 0 aliphatic heterocycles. The molecule has 0 radical (unpaired) electrons. The molecule has 0 atom stereocenters. The molecule has 0 heterocycles. The minimum absolute atomic E-state index is 0.0948. The Hall–Kier alpha value is -2.89. The molecule has 2 rings (SSSR count). The lowest BCUT2D eigenvalue weighted by atomic mass is 10.1. The van der Waals surface area contributed by atoms with Crippen molar-refractivity contribution >= 4 is 11.9 Å². The molecule has 0 saturated heterocycles. The first kappa shape index (κ1) is 19.4. The average Bonchev–Trinajstić information content (AvgIpc) is 2.66. The number of nitrogens with zero attached hydrogens (tertiary/aromatic N) is 1. The van der Waals surface area contributed by atoms with E-state index in [2.05, 4.69) is 20.9 Å².